The molecule has 104 valence electrons. The average Bonchev–Trinajstić information content (AvgIpc) is 2.23. The van der Waals surface area contributed by atoms with Gasteiger partial charge in [-0.2, -0.15) is 0 Å². The number of ether oxygens (including phenoxy) is 1. The maximum absolute atomic E-state index is 11.5. The first-order chi connectivity index (χ1) is 8.67. The number of carboxylic acid groups (broad SMARTS) is 1. The number of carbonyl (C=O) groups is 2. The zero-order chi connectivity index (χ0) is 14.6. The van der Waals surface area contributed by atoms with E-state index in [1.165, 1.54) is 23.9 Å². The molecule has 0 aromatic carbocycles. The summed E-state index contributed by atoms with van der Waals surface area (Å²) in [4.78, 5) is 26.6. The van der Waals surface area contributed by atoms with E-state index in [1.54, 1.807) is 27.7 Å². The fourth-order valence-electron chi connectivity index (χ4n) is 1.34. The van der Waals surface area contributed by atoms with E-state index < -0.39 is 11.6 Å². The Bertz CT molecular complexity index is 494. The highest BCUT2D eigenvalue weighted by Crippen LogP contribution is 2.19. The Kier molecular flexibility index (Phi) is 4.94. The van der Waals surface area contributed by atoms with E-state index in [-0.39, 0.29) is 17.3 Å². The molecule has 1 aromatic heterocycles. The molecular weight excluding hydrogens is 266 g/mol. The van der Waals surface area contributed by atoms with Crippen LogP contribution in [0.3, 0.4) is 0 Å². The Labute approximate surface area is 116 Å². The smallest absolute Gasteiger partial charge is 0.335 e. The molecule has 0 saturated heterocycles. The van der Waals surface area contributed by atoms with Crippen LogP contribution in [0.5, 0.6) is 0 Å². The number of hydrogen-bond acceptors (Lipinski definition) is 5. The number of aromatic nitrogens is 1. The first-order valence-electron chi connectivity index (χ1n) is 5.74. The maximum Gasteiger partial charge on any atom is 0.335 e. The van der Waals surface area contributed by atoms with Crippen molar-refractivity contribution in [2.24, 2.45) is 0 Å². The predicted molar refractivity (Wildman–Crippen MR) is 72.5 cm³/mol. The van der Waals surface area contributed by atoms with Gasteiger partial charge in [0.1, 0.15) is 5.60 Å². The molecule has 0 saturated carbocycles. The normalized spacial score (nSPS) is 11.2. The van der Waals surface area contributed by atoms with Crippen LogP contribution in [0.15, 0.2) is 17.2 Å². The fraction of sp³-hybridized carbons (Fsp3) is 0.462. The molecule has 0 bridgehead atoms. The maximum atomic E-state index is 11.5. The number of hydrogen-bond donors (Lipinski definition) is 1. The van der Waals surface area contributed by atoms with Crippen molar-refractivity contribution in [2.75, 3.05) is 5.75 Å². The summed E-state index contributed by atoms with van der Waals surface area (Å²) in [5.74, 6) is -1.26. The molecule has 1 heterocycles. The number of rotatable bonds is 4. The lowest BCUT2D eigenvalue weighted by Crippen LogP contribution is -2.24. The summed E-state index contributed by atoms with van der Waals surface area (Å²) in [5.41, 5.74) is 0.245. The van der Waals surface area contributed by atoms with Crippen molar-refractivity contribution in [2.45, 2.75) is 38.3 Å². The number of carboxylic acids is 1. The number of aryl methyl sites for hydroxylation is 1. The van der Waals surface area contributed by atoms with Crippen molar-refractivity contribution in [3.05, 3.63) is 23.4 Å². The van der Waals surface area contributed by atoms with Crippen molar-refractivity contribution in [3.8, 4) is 0 Å². The lowest BCUT2D eigenvalue weighted by atomic mass is 10.2. The largest absolute Gasteiger partial charge is 0.478 e. The second-order valence-electron chi connectivity index (χ2n) is 5.02. The van der Waals surface area contributed by atoms with Gasteiger partial charge in [-0.05, 0) is 39.8 Å². The lowest BCUT2D eigenvalue weighted by molar-refractivity contribution is -0.151. The van der Waals surface area contributed by atoms with E-state index >= 15 is 0 Å². The van der Waals surface area contributed by atoms with Crippen molar-refractivity contribution < 1.29 is 19.4 Å². The van der Waals surface area contributed by atoms with Crippen LogP contribution in [0, 0.1) is 6.92 Å². The van der Waals surface area contributed by atoms with Gasteiger partial charge in [0.2, 0.25) is 0 Å². The fourth-order valence-corrected chi connectivity index (χ4v) is 2.08. The summed E-state index contributed by atoms with van der Waals surface area (Å²) in [5, 5.41) is 9.44. The van der Waals surface area contributed by atoms with E-state index in [1.807, 2.05) is 0 Å². The number of aromatic carboxylic acids is 1. The van der Waals surface area contributed by atoms with Crippen molar-refractivity contribution >= 4 is 23.7 Å². The molecule has 0 spiro atoms. The SMILES string of the molecule is Cc1cc(C(=O)O)cc(SCC(=O)OC(C)(C)C)n1. The van der Waals surface area contributed by atoms with E-state index in [0.29, 0.717) is 10.7 Å². The Morgan fingerprint density at radius 3 is 2.53 bits per heavy atom. The molecule has 19 heavy (non-hydrogen) atoms. The van der Waals surface area contributed by atoms with Gasteiger partial charge in [0.15, 0.2) is 0 Å². The van der Waals surface area contributed by atoms with Crippen LogP contribution in [-0.2, 0) is 9.53 Å². The molecule has 0 aliphatic rings. The molecule has 6 heteroatoms. The zero-order valence-electron chi connectivity index (χ0n) is 11.4. The summed E-state index contributed by atoms with van der Waals surface area (Å²) in [7, 11) is 0. The minimum absolute atomic E-state index is 0.104. The number of pyridine rings is 1. The second-order valence-corrected chi connectivity index (χ2v) is 6.01. The molecule has 5 nitrogen and oxygen atoms in total. The molecule has 1 rings (SSSR count). The van der Waals surface area contributed by atoms with Crippen LogP contribution in [-0.4, -0.2) is 33.4 Å². The van der Waals surface area contributed by atoms with Gasteiger partial charge in [0, 0.05) is 5.69 Å². The van der Waals surface area contributed by atoms with Crippen molar-refractivity contribution in [3.63, 3.8) is 0 Å². The molecule has 0 aliphatic carbocycles. The Balaban J connectivity index is 2.68. The van der Waals surface area contributed by atoms with Crippen LogP contribution in [0.2, 0.25) is 0 Å². The molecule has 0 aliphatic heterocycles. The van der Waals surface area contributed by atoms with Gasteiger partial charge in [0.05, 0.1) is 16.3 Å². The highest BCUT2D eigenvalue weighted by Gasteiger charge is 2.17. The first kappa shape index (κ1) is 15.5. The molecule has 0 unspecified atom stereocenters. The van der Waals surface area contributed by atoms with Crippen LogP contribution >= 0.6 is 11.8 Å². The van der Waals surface area contributed by atoms with E-state index in [2.05, 4.69) is 4.98 Å². The Morgan fingerprint density at radius 2 is 2.00 bits per heavy atom. The van der Waals surface area contributed by atoms with Gasteiger partial charge in [-0.15, -0.1) is 0 Å². The molecule has 1 N–H and O–H groups in total. The Hall–Kier alpha value is -1.56. The molecular formula is C13H17NO4S. The summed E-state index contributed by atoms with van der Waals surface area (Å²) in [6, 6.07) is 2.93. The van der Waals surface area contributed by atoms with Crippen molar-refractivity contribution in [1.82, 2.24) is 4.98 Å². The Morgan fingerprint density at radius 1 is 1.37 bits per heavy atom. The minimum atomic E-state index is -1.01. The highest BCUT2D eigenvalue weighted by atomic mass is 32.2. The zero-order valence-corrected chi connectivity index (χ0v) is 12.2. The van der Waals surface area contributed by atoms with Gasteiger partial charge in [-0.3, -0.25) is 4.79 Å². The van der Waals surface area contributed by atoms with Crippen LogP contribution in [0.4, 0.5) is 0 Å². The summed E-state index contributed by atoms with van der Waals surface area (Å²) < 4.78 is 5.16. The second kappa shape index (κ2) is 6.06. The van der Waals surface area contributed by atoms with Gasteiger partial charge in [0.25, 0.3) is 0 Å². The summed E-state index contributed by atoms with van der Waals surface area (Å²) in [6.07, 6.45) is 0. The molecule has 0 amide bonds. The summed E-state index contributed by atoms with van der Waals surface area (Å²) in [6.45, 7) is 7.10. The predicted octanol–water partition coefficient (Wildman–Crippen LogP) is 2.52. The van der Waals surface area contributed by atoms with Crippen LogP contribution in [0.1, 0.15) is 36.8 Å². The number of esters is 1. The van der Waals surface area contributed by atoms with Gasteiger partial charge >= 0.3 is 11.9 Å². The quantitative estimate of drug-likeness (QED) is 0.676. The average molecular weight is 283 g/mol. The number of thioether (sulfide) groups is 1. The van der Waals surface area contributed by atoms with Gasteiger partial charge < -0.3 is 9.84 Å². The molecule has 0 radical (unpaired) electrons. The first-order valence-corrected chi connectivity index (χ1v) is 6.72. The molecule has 0 fully saturated rings. The topological polar surface area (TPSA) is 76.5 Å². The van der Waals surface area contributed by atoms with E-state index in [4.69, 9.17) is 9.84 Å². The van der Waals surface area contributed by atoms with E-state index in [9.17, 15) is 9.59 Å². The lowest BCUT2D eigenvalue weighted by Gasteiger charge is -2.19. The van der Waals surface area contributed by atoms with Gasteiger partial charge in [-0.25, -0.2) is 9.78 Å². The van der Waals surface area contributed by atoms with Gasteiger partial charge in [-0.1, -0.05) is 11.8 Å². The standard InChI is InChI=1S/C13H17NO4S/c1-8-5-9(12(16)17)6-10(14-8)19-7-11(15)18-13(2,3)4/h5-6H,7H2,1-4H3,(H,16,17). The van der Waals surface area contributed by atoms with Crippen LogP contribution < -0.4 is 0 Å². The number of carbonyl (C=O) groups excluding carboxylic acids is 1. The van der Waals surface area contributed by atoms with Crippen molar-refractivity contribution in [1.29, 1.82) is 0 Å². The molecule has 1 aromatic rings. The van der Waals surface area contributed by atoms with Crippen LogP contribution in [0.25, 0.3) is 0 Å². The third-order valence-electron chi connectivity index (χ3n) is 1.93. The number of nitrogens with zero attached hydrogens (tertiary/aromatic N) is 1. The molecule has 0 atom stereocenters. The van der Waals surface area contributed by atoms with E-state index in [0.717, 1.165) is 0 Å². The summed E-state index contributed by atoms with van der Waals surface area (Å²) >= 11 is 1.17. The monoisotopic (exact) mass is 283 g/mol. The minimum Gasteiger partial charge on any atom is -0.478 e. The third-order valence-corrected chi connectivity index (χ3v) is 2.82. The third kappa shape index (κ3) is 5.74. The highest BCUT2D eigenvalue weighted by molar-refractivity contribution is 7.99.